The molecule has 0 saturated carbocycles. The summed E-state index contributed by atoms with van der Waals surface area (Å²) in [5, 5.41) is 2.88. The molecule has 144 valence electrons. The van der Waals surface area contributed by atoms with E-state index in [4.69, 9.17) is 0 Å². The Bertz CT molecular complexity index is 901. The minimum Gasteiger partial charge on any atom is -0.348 e. The molecule has 0 aromatic heterocycles. The molecule has 2 aromatic rings. The Morgan fingerprint density at radius 3 is 2.41 bits per heavy atom. The highest BCUT2D eigenvalue weighted by atomic mass is 32.2. The molecule has 3 rings (SSSR count). The molecule has 0 bridgehead atoms. The van der Waals surface area contributed by atoms with E-state index in [-0.39, 0.29) is 10.8 Å². The standard InChI is InChI=1S/C21H26N2O3S/c1-17-9-4-5-10-19(17)16-22-21(24)18-11-8-12-20(15-18)27(25,26)23-13-6-2-3-7-14-23/h4-5,8-12,15H,2-3,6-7,13-14,16H2,1H3,(H,22,24). The van der Waals surface area contributed by atoms with Crippen LogP contribution in [-0.4, -0.2) is 31.7 Å². The summed E-state index contributed by atoms with van der Waals surface area (Å²) in [5.41, 5.74) is 2.51. The zero-order valence-corrected chi connectivity index (χ0v) is 16.5. The summed E-state index contributed by atoms with van der Waals surface area (Å²) in [4.78, 5) is 12.7. The van der Waals surface area contributed by atoms with Crippen LogP contribution in [0, 0.1) is 6.92 Å². The Balaban J connectivity index is 1.74. The van der Waals surface area contributed by atoms with E-state index in [1.807, 2.05) is 31.2 Å². The molecule has 1 saturated heterocycles. The molecular weight excluding hydrogens is 360 g/mol. The smallest absolute Gasteiger partial charge is 0.251 e. The average molecular weight is 387 g/mol. The fourth-order valence-corrected chi connectivity index (χ4v) is 4.88. The Kier molecular flexibility index (Phi) is 6.29. The number of hydrogen-bond acceptors (Lipinski definition) is 3. The maximum atomic E-state index is 12.9. The molecule has 0 aliphatic carbocycles. The lowest BCUT2D eigenvalue weighted by atomic mass is 10.1. The van der Waals surface area contributed by atoms with Crippen LogP contribution in [-0.2, 0) is 16.6 Å². The predicted molar refractivity (Wildman–Crippen MR) is 106 cm³/mol. The van der Waals surface area contributed by atoms with Crippen molar-refractivity contribution < 1.29 is 13.2 Å². The highest BCUT2D eigenvalue weighted by Gasteiger charge is 2.25. The number of carbonyl (C=O) groups excluding carboxylic acids is 1. The van der Waals surface area contributed by atoms with E-state index >= 15 is 0 Å². The van der Waals surface area contributed by atoms with Gasteiger partial charge in [-0.15, -0.1) is 0 Å². The third-order valence-electron chi connectivity index (χ3n) is 5.00. The zero-order chi connectivity index (χ0) is 19.3. The van der Waals surface area contributed by atoms with Gasteiger partial charge in [-0.1, -0.05) is 43.2 Å². The summed E-state index contributed by atoms with van der Waals surface area (Å²) in [7, 11) is -3.56. The number of aryl methyl sites for hydroxylation is 1. The molecule has 1 fully saturated rings. The third kappa shape index (κ3) is 4.76. The van der Waals surface area contributed by atoms with E-state index in [0.717, 1.165) is 36.8 Å². The van der Waals surface area contributed by atoms with Crippen LogP contribution in [0.3, 0.4) is 0 Å². The van der Waals surface area contributed by atoms with Crippen molar-refractivity contribution >= 4 is 15.9 Å². The Labute approximate surface area is 161 Å². The number of rotatable bonds is 5. The monoisotopic (exact) mass is 386 g/mol. The van der Waals surface area contributed by atoms with Crippen LogP contribution >= 0.6 is 0 Å². The van der Waals surface area contributed by atoms with Crippen LogP contribution in [0.5, 0.6) is 0 Å². The maximum Gasteiger partial charge on any atom is 0.251 e. The number of nitrogens with zero attached hydrogens (tertiary/aromatic N) is 1. The van der Waals surface area contributed by atoms with Gasteiger partial charge in [-0.05, 0) is 49.1 Å². The molecule has 1 aliphatic rings. The van der Waals surface area contributed by atoms with Crippen molar-refractivity contribution in [1.29, 1.82) is 0 Å². The normalized spacial score (nSPS) is 15.9. The number of amides is 1. The van der Waals surface area contributed by atoms with Crippen LogP contribution in [0.15, 0.2) is 53.4 Å². The van der Waals surface area contributed by atoms with Crippen molar-refractivity contribution in [2.45, 2.75) is 44.0 Å². The van der Waals surface area contributed by atoms with E-state index in [0.29, 0.717) is 25.2 Å². The van der Waals surface area contributed by atoms with Crippen molar-refractivity contribution in [3.8, 4) is 0 Å². The highest BCUT2D eigenvalue weighted by Crippen LogP contribution is 2.21. The second kappa shape index (κ2) is 8.67. The molecule has 6 heteroatoms. The summed E-state index contributed by atoms with van der Waals surface area (Å²) in [6, 6.07) is 14.2. The summed E-state index contributed by atoms with van der Waals surface area (Å²) < 4.78 is 27.4. The van der Waals surface area contributed by atoms with Crippen molar-refractivity contribution in [3.63, 3.8) is 0 Å². The van der Waals surface area contributed by atoms with E-state index in [1.54, 1.807) is 22.5 Å². The molecule has 0 radical (unpaired) electrons. The summed E-state index contributed by atoms with van der Waals surface area (Å²) in [6.07, 6.45) is 3.90. The van der Waals surface area contributed by atoms with Gasteiger partial charge in [0.15, 0.2) is 0 Å². The van der Waals surface area contributed by atoms with Gasteiger partial charge in [-0.25, -0.2) is 8.42 Å². The lowest BCUT2D eigenvalue weighted by Crippen LogP contribution is -2.32. The van der Waals surface area contributed by atoms with Gasteiger partial charge in [0.05, 0.1) is 4.90 Å². The number of nitrogens with one attached hydrogen (secondary N) is 1. The summed E-state index contributed by atoms with van der Waals surface area (Å²) in [5.74, 6) is -0.272. The second-order valence-corrected chi connectivity index (χ2v) is 8.89. The molecule has 0 unspecified atom stereocenters. The molecule has 0 spiro atoms. The van der Waals surface area contributed by atoms with Crippen LogP contribution in [0.4, 0.5) is 0 Å². The molecule has 5 nitrogen and oxygen atoms in total. The highest BCUT2D eigenvalue weighted by molar-refractivity contribution is 7.89. The van der Waals surface area contributed by atoms with Gasteiger partial charge in [0.25, 0.3) is 5.91 Å². The summed E-state index contributed by atoms with van der Waals surface area (Å²) >= 11 is 0. The SMILES string of the molecule is Cc1ccccc1CNC(=O)c1cccc(S(=O)(=O)N2CCCCCC2)c1. The zero-order valence-electron chi connectivity index (χ0n) is 15.6. The Hall–Kier alpha value is -2.18. The fraction of sp³-hybridized carbons (Fsp3) is 0.381. The van der Waals surface area contributed by atoms with Crippen LogP contribution < -0.4 is 5.32 Å². The molecule has 1 aliphatic heterocycles. The first-order valence-corrected chi connectivity index (χ1v) is 10.9. The quantitative estimate of drug-likeness (QED) is 0.855. The molecule has 2 aromatic carbocycles. The molecule has 1 amide bonds. The molecule has 27 heavy (non-hydrogen) atoms. The Morgan fingerprint density at radius 2 is 1.70 bits per heavy atom. The fourth-order valence-electron chi connectivity index (χ4n) is 3.31. The van der Waals surface area contributed by atoms with E-state index in [2.05, 4.69) is 5.32 Å². The Morgan fingerprint density at radius 1 is 1.00 bits per heavy atom. The first kappa shape index (κ1) is 19.6. The van der Waals surface area contributed by atoms with Crippen LogP contribution in [0.25, 0.3) is 0 Å². The van der Waals surface area contributed by atoms with Crippen LogP contribution in [0.2, 0.25) is 0 Å². The largest absolute Gasteiger partial charge is 0.348 e. The molecule has 1 N–H and O–H groups in total. The van der Waals surface area contributed by atoms with Crippen LogP contribution in [0.1, 0.15) is 47.2 Å². The number of sulfonamides is 1. The van der Waals surface area contributed by atoms with E-state index in [1.165, 1.54) is 6.07 Å². The second-order valence-electron chi connectivity index (χ2n) is 6.96. The number of carbonyl (C=O) groups is 1. The minimum absolute atomic E-state index is 0.188. The summed E-state index contributed by atoms with van der Waals surface area (Å²) in [6.45, 7) is 3.50. The van der Waals surface area contributed by atoms with Crippen molar-refractivity contribution in [2.24, 2.45) is 0 Å². The van der Waals surface area contributed by atoms with Gasteiger partial charge < -0.3 is 5.32 Å². The minimum atomic E-state index is -3.56. The lowest BCUT2D eigenvalue weighted by molar-refractivity contribution is 0.0950. The molecule has 1 heterocycles. The first-order chi connectivity index (χ1) is 13.0. The lowest BCUT2D eigenvalue weighted by Gasteiger charge is -2.20. The van der Waals surface area contributed by atoms with E-state index < -0.39 is 10.0 Å². The number of hydrogen-bond donors (Lipinski definition) is 1. The predicted octanol–water partition coefficient (Wildman–Crippen LogP) is 3.49. The van der Waals surface area contributed by atoms with Crippen molar-refractivity contribution in [3.05, 3.63) is 65.2 Å². The molecular formula is C21H26N2O3S. The van der Waals surface area contributed by atoms with Crippen molar-refractivity contribution in [1.82, 2.24) is 9.62 Å². The molecule has 0 atom stereocenters. The van der Waals surface area contributed by atoms with Gasteiger partial charge in [0, 0.05) is 25.2 Å². The van der Waals surface area contributed by atoms with Gasteiger partial charge in [-0.3, -0.25) is 4.79 Å². The maximum absolute atomic E-state index is 12.9. The van der Waals surface area contributed by atoms with Gasteiger partial charge in [-0.2, -0.15) is 4.31 Å². The topological polar surface area (TPSA) is 66.5 Å². The third-order valence-corrected chi connectivity index (χ3v) is 6.89. The number of benzene rings is 2. The average Bonchev–Trinajstić information content (AvgIpc) is 2.97. The van der Waals surface area contributed by atoms with Gasteiger partial charge in [0.2, 0.25) is 10.0 Å². The first-order valence-electron chi connectivity index (χ1n) is 9.41. The van der Waals surface area contributed by atoms with Gasteiger partial charge in [0.1, 0.15) is 0 Å². The van der Waals surface area contributed by atoms with E-state index in [9.17, 15) is 13.2 Å². The van der Waals surface area contributed by atoms with Crippen molar-refractivity contribution in [2.75, 3.05) is 13.1 Å². The van der Waals surface area contributed by atoms with Gasteiger partial charge >= 0.3 is 0 Å².